The van der Waals surface area contributed by atoms with Crippen molar-refractivity contribution in [2.24, 2.45) is 0 Å². The van der Waals surface area contributed by atoms with E-state index in [-0.39, 0.29) is 0 Å². The van der Waals surface area contributed by atoms with E-state index in [1.165, 1.54) is 9.75 Å². The fourth-order valence-electron chi connectivity index (χ4n) is 1.24. The van der Waals surface area contributed by atoms with E-state index < -0.39 is 0 Å². The summed E-state index contributed by atoms with van der Waals surface area (Å²) in [6.07, 6.45) is 1.93. The quantitative estimate of drug-likeness (QED) is 0.909. The zero-order valence-electron chi connectivity index (χ0n) is 8.29. The molecule has 2 rings (SSSR count). The standard InChI is InChI=1S/C10H11ClN2S2/c1-7-13-6-9(14-7)5-12-4-8-2-3-10(11)15-8/h2-3,6,12H,4-5H2,1H3. The molecular formula is C10H11ClN2S2. The monoisotopic (exact) mass is 258 g/mol. The van der Waals surface area contributed by atoms with Crippen LogP contribution >= 0.6 is 34.3 Å². The molecule has 0 aromatic carbocycles. The Balaban J connectivity index is 1.80. The van der Waals surface area contributed by atoms with E-state index in [1.807, 2.05) is 19.2 Å². The van der Waals surface area contributed by atoms with E-state index in [2.05, 4.69) is 16.4 Å². The van der Waals surface area contributed by atoms with E-state index >= 15 is 0 Å². The number of hydrogen-bond donors (Lipinski definition) is 1. The predicted octanol–water partition coefficient (Wildman–Crippen LogP) is 3.46. The summed E-state index contributed by atoms with van der Waals surface area (Å²) in [4.78, 5) is 6.74. The lowest BCUT2D eigenvalue weighted by Crippen LogP contribution is -2.10. The molecule has 0 bridgehead atoms. The highest BCUT2D eigenvalue weighted by molar-refractivity contribution is 7.16. The lowest BCUT2D eigenvalue weighted by Gasteiger charge is -1.99. The molecule has 0 aliphatic heterocycles. The Morgan fingerprint density at radius 1 is 1.27 bits per heavy atom. The molecule has 0 unspecified atom stereocenters. The Morgan fingerprint density at radius 3 is 2.67 bits per heavy atom. The van der Waals surface area contributed by atoms with Crippen LogP contribution in [-0.4, -0.2) is 4.98 Å². The van der Waals surface area contributed by atoms with Crippen molar-refractivity contribution in [3.63, 3.8) is 0 Å². The van der Waals surface area contributed by atoms with Crippen LogP contribution < -0.4 is 5.32 Å². The molecule has 2 aromatic rings. The summed E-state index contributed by atoms with van der Waals surface area (Å²) in [7, 11) is 0. The summed E-state index contributed by atoms with van der Waals surface area (Å²) in [6, 6.07) is 3.98. The Morgan fingerprint density at radius 2 is 2.07 bits per heavy atom. The van der Waals surface area contributed by atoms with Gasteiger partial charge in [0.25, 0.3) is 0 Å². The predicted molar refractivity (Wildman–Crippen MR) is 66.7 cm³/mol. The van der Waals surface area contributed by atoms with Crippen molar-refractivity contribution in [1.29, 1.82) is 0 Å². The minimum atomic E-state index is 0.848. The topological polar surface area (TPSA) is 24.9 Å². The van der Waals surface area contributed by atoms with Crippen molar-refractivity contribution >= 4 is 34.3 Å². The van der Waals surface area contributed by atoms with Crippen molar-refractivity contribution in [3.8, 4) is 0 Å². The van der Waals surface area contributed by atoms with Crippen molar-refractivity contribution < 1.29 is 0 Å². The first-order valence-corrected chi connectivity index (χ1v) is 6.61. The van der Waals surface area contributed by atoms with Crippen LogP contribution in [0.4, 0.5) is 0 Å². The molecule has 0 saturated heterocycles. The van der Waals surface area contributed by atoms with Gasteiger partial charge < -0.3 is 5.32 Å². The van der Waals surface area contributed by atoms with Crippen LogP contribution in [0.2, 0.25) is 4.34 Å². The Hall–Kier alpha value is -0.420. The maximum absolute atomic E-state index is 5.84. The number of thiophene rings is 1. The van der Waals surface area contributed by atoms with Crippen LogP contribution in [0.15, 0.2) is 18.3 Å². The summed E-state index contributed by atoms with van der Waals surface area (Å²) < 4.78 is 0.848. The highest BCUT2D eigenvalue weighted by Crippen LogP contribution is 2.21. The van der Waals surface area contributed by atoms with Gasteiger partial charge in [0.2, 0.25) is 0 Å². The second-order valence-electron chi connectivity index (χ2n) is 3.15. The van der Waals surface area contributed by atoms with Gasteiger partial charge in [-0.15, -0.1) is 22.7 Å². The third-order valence-electron chi connectivity index (χ3n) is 1.90. The van der Waals surface area contributed by atoms with Gasteiger partial charge in [-0.2, -0.15) is 0 Å². The molecule has 80 valence electrons. The van der Waals surface area contributed by atoms with Crippen molar-refractivity contribution in [3.05, 3.63) is 37.4 Å². The minimum absolute atomic E-state index is 0.848. The van der Waals surface area contributed by atoms with Crippen molar-refractivity contribution in [2.45, 2.75) is 20.0 Å². The smallest absolute Gasteiger partial charge is 0.0931 e. The first-order valence-electron chi connectivity index (χ1n) is 4.60. The van der Waals surface area contributed by atoms with Crippen LogP contribution in [-0.2, 0) is 13.1 Å². The van der Waals surface area contributed by atoms with Gasteiger partial charge in [-0.3, -0.25) is 0 Å². The van der Waals surface area contributed by atoms with Gasteiger partial charge in [0.15, 0.2) is 0 Å². The van der Waals surface area contributed by atoms with Gasteiger partial charge in [-0.1, -0.05) is 11.6 Å². The fourth-order valence-corrected chi connectivity index (χ4v) is 3.06. The van der Waals surface area contributed by atoms with Gasteiger partial charge in [0.05, 0.1) is 9.34 Å². The number of nitrogens with zero attached hydrogens (tertiary/aromatic N) is 1. The number of aryl methyl sites for hydroxylation is 1. The van der Waals surface area contributed by atoms with Crippen LogP contribution in [0.5, 0.6) is 0 Å². The molecule has 5 heteroatoms. The third-order valence-corrected chi connectivity index (χ3v) is 4.04. The van der Waals surface area contributed by atoms with E-state index in [0.717, 1.165) is 22.4 Å². The average molecular weight is 259 g/mol. The third kappa shape index (κ3) is 3.28. The molecule has 1 N–H and O–H groups in total. The average Bonchev–Trinajstić information content (AvgIpc) is 2.76. The second kappa shape index (κ2) is 5.07. The molecule has 15 heavy (non-hydrogen) atoms. The first-order chi connectivity index (χ1) is 7.24. The maximum Gasteiger partial charge on any atom is 0.0931 e. The molecular weight excluding hydrogens is 248 g/mol. The molecule has 2 aromatic heterocycles. The second-order valence-corrected chi connectivity index (χ2v) is 6.27. The van der Waals surface area contributed by atoms with Gasteiger partial charge in [0, 0.05) is 29.0 Å². The van der Waals surface area contributed by atoms with Crippen molar-refractivity contribution in [2.75, 3.05) is 0 Å². The highest BCUT2D eigenvalue weighted by Gasteiger charge is 1.99. The van der Waals surface area contributed by atoms with Gasteiger partial charge >= 0.3 is 0 Å². The number of rotatable bonds is 4. The van der Waals surface area contributed by atoms with Crippen LogP contribution in [0, 0.1) is 6.92 Å². The summed E-state index contributed by atoms with van der Waals surface area (Å²) in [5.41, 5.74) is 0. The number of hydrogen-bond acceptors (Lipinski definition) is 4. The molecule has 0 saturated carbocycles. The zero-order valence-corrected chi connectivity index (χ0v) is 10.7. The zero-order chi connectivity index (χ0) is 10.7. The molecule has 0 amide bonds. The molecule has 0 fully saturated rings. The Bertz CT molecular complexity index is 396. The number of nitrogens with one attached hydrogen (secondary N) is 1. The summed E-state index contributed by atoms with van der Waals surface area (Å²) in [5, 5.41) is 4.48. The molecule has 0 spiro atoms. The van der Waals surface area contributed by atoms with E-state index in [9.17, 15) is 0 Å². The molecule has 0 aliphatic rings. The van der Waals surface area contributed by atoms with Crippen molar-refractivity contribution in [1.82, 2.24) is 10.3 Å². The van der Waals surface area contributed by atoms with E-state index in [0.29, 0.717) is 0 Å². The lowest BCUT2D eigenvalue weighted by molar-refractivity contribution is 0.708. The normalized spacial score (nSPS) is 10.8. The first kappa shape index (κ1) is 11.1. The van der Waals surface area contributed by atoms with Gasteiger partial charge in [0.1, 0.15) is 0 Å². The fraction of sp³-hybridized carbons (Fsp3) is 0.300. The number of halogens is 1. The minimum Gasteiger partial charge on any atom is -0.307 e. The summed E-state index contributed by atoms with van der Waals surface area (Å²) >= 11 is 9.19. The number of thiazole rings is 1. The molecule has 0 radical (unpaired) electrons. The SMILES string of the molecule is Cc1ncc(CNCc2ccc(Cl)s2)s1. The number of aromatic nitrogens is 1. The van der Waals surface area contributed by atoms with Gasteiger partial charge in [-0.25, -0.2) is 4.98 Å². The van der Waals surface area contributed by atoms with E-state index in [4.69, 9.17) is 11.6 Å². The molecule has 0 atom stereocenters. The van der Waals surface area contributed by atoms with Crippen LogP contribution in [0.3, 0.4) is 0 Å². The Labute approximate surface area is 102 Å². The summed E-state index contributed by atoms with van der Waals surface area (Å²) in [6.45, 7) is 3.77. The Kier molecular flexibility index (Phi) is 3.75. The highest BCUT2D eigenvalue weighted by atomic mass is 35.5. The van der Waals surface area contributed by atoms with E-state index in [1.54, 1.807) is 22.7 Å². The lowest BCUT2D eigenvalue weighted by atomic mass is 10.4. The molecule has 2 heterocycles. The maximum atomic E-state index is 5.84. The van der Waals surface area contributed by atoms with Crippen LogP contribution in [0.1, 0.15) is 14.8 Å². The largest absolute Gasteiger partial charge is 0.307 e. The summed E-state index contributed by atoms with van der Waals surface area (Å²) in [5.74, 6) is 0. The molecule has 2 nitrogen and oxygen atoms in total. The molecule has 0 aliphatic carbocycles. The van der Waals surface area contributed by atoms with Gasteiger partial charge in [-0.05, 0) is 19.1 Å². The van der Waals surface area contributed by atoms with Crippen LogP contribution in [0.25, 0.3) is 0 Å².